The highest BCUT2D eigenvalue weighted by atomic mass is 32.1. The van der Waals surface area contributed by atoms with Crippen LogP contribution in [-0.4, -0.2) is 44.1 Å². The van der Waals surface area contributed by atoms with Crippen LogP contribution in [0.15, 0.2) is 41.8 Å². The summed E-state index contributed by atoms with van der Waals surface area (Å²) < 4.78 is 5.24. The molecule has 128 valence electrons. The van der Waals surface area contributed by atoms with Gasteiger partial charge in [-0.1, -0.05) is 18.2 Å². The Labute approximate surface area is 147 Å². The Bertz CT molecular complexity index is 649. The van der Waals surface area contributed by atoms with Crippen molar-refractivity contribution in [2.75, 3.05) is 33.3 Å². The molecule has 2 aromatic rings. The zero-order chi connectivity index (χ0) is 16.8. The minimum Gasteiger partial charge on any atom is -0.496 e. The number of benzene rings is 1. The second kappa shape index (κ2) is 8.31. The molecule has 4 nitrogen and oxygen atoms in total. The number of thiophene rings is 1. The van der Waals surface area contributed by atoms with Crippen LogP contribution in [-0.2, 0) is 0 Å². The predicted molar refractivity (Wildman–Crippen MR) is 98.1 cm³/mol. The van der Waals surface area contributed by atoms with Gasteiger partial charge in [0.1, 0.15) is 5.75 Å². The molecule has 2 heterocycles. The zero-order valence-electron chi connectivity index (χ0n) is 14.0. The first-order valence-corrected chi connectivity index (χ1v) is 9.33. The van der Waals surface area contributed by atoms with Crippen LogP contribution >= 0.6 is 11.3 Å². The van der Waals surface area contributed by atoms with Crippen molar-refractivity contribution in [3.63, 3.8) is 0 Å². The number of methoxy groups -OCH3 is 1. The number of ether oxygens (including phenoxy) is 1. The molecule has 0 radical (unpaired) electrons. The first-order chi connectivity index (χ1) is 11.8. The van der Waals surface area contributed by atoms with E-state index < -0.39 is 0 Å². The summed E-state index contributed by atoms with van der Waals surface area (Å²) in [6.45, 7) is 3.78. The Morgan fingerprint density at radius 2 is 2.04 bits per heavy atom. The van der Waals surface area contributed by atoms with Gasteiger partial charge in [-0.15, -0.1) is 11.3 Å². The summed E-state index contributed by atoms with van der Waals surface area (Å²) in [6.07, 6.45) is 2.42. The second-order valence-corrected chi connectivity index (χ2v) is 7.07. The summed E-state index contributed by atoms with van der Waals surface area (Å²) in [5.74, 6) is 1.26. The lowest BCUT2D eigenvalue weighted by Crippen LogP contribution is -2.39. The summed E-state index contributed by atoms with van der Waals surface area (Å²) in [4.78, 5) is 16.2. The number of likely N-dealkylation sites (tertiary alicyclic amines) is 1. The van der Waals surface area contributed by atoms with Gasteiger partial charge in [0.2, 0.25) is 0 Å². The molecule has 0 bridgehead atoms. The third kappa shape index (κ3) is 4.16. The minimum absolute atomic E-state index is 0.0686. The molecule has 1 N–H and O–H groups in total. The number of piperidine rings is 1. The highest BCUT2D eigenvalue weighted by Crippen LogP contribution is 2.30. The predicted octanol–water partition coefficient (Wildman–Crippen LogP) is 3.37. The van der Waals surface area contributed by atoms with E-state index in [0.717, 1.165) is 19.6 Å². The molecule has 0 aliphatic carbocycles. The van der Waals surface area contributed by atoms with E-state index in [-0.39, 0.29) is 5.91 Å². The molecule has 0 saturated carbocycles. The largest absolute Gasteiger partial charge is 0.496 e. The van der Waals surface area contributed by atoms with E-state index in [9.17, 15) is 4.79 Å². The Hall–Kier alpha value is -1.85. The van der Waals surface area contributed by atoms with Gasteiger partial charge in [0, 0.05) is 18.0 Å². The number of amides is 1. The van der Waals surface area contributed by atoms with E-state index in [4.69, 9.17) is 4.74 Å². The Kier molecular flexibility index (Phi) is 5.88. The summed E-state index contributed by atoms with van der Waals surface area (Å²) in [6, 6.07) is 11.7. The third-order valence-corrected chi connectivity index (χ3v) is 5.63. The maximum atomic E-state index is 12.3. The highest BCUT2D eigenvalue weighted by Gasteiger charge is 2.21. The molecule has 1 amide bonds. The van der Waals surface area contributed by atoms with E-state index in [2.05, 4.69) is 27.7 Å². The standard InChI is InChI=1S/C19H24N2O2S/c1-23-17-6-3-2-5-16(17)19(22)20-10-13-21-11-8-15(9-12-21)18-7-4-14-24-18/h2-7,14-15H,8-13H2,1H3,(H,20,22). The lowest BCUT2D eigenvalue weighted by atomic mass is 9.95. The van der Waals surface area contributed by atoms with Crippen LogP contribution in [0.2, 0.25) is 0 Å². The van der Waals surface area contributed by atoms with Crippen molar-refractivity contribution in [1.29, 1.82) is 0 Å². The molecule has 24 heavy (non-hydrogen) atoms. The molecule has 1 saturated heterocycles. The molecule has 0 unspecified atom stereocenters. The number of para-hydroxylation sites is 1. The van der Waals surface area contributed by atoms with Crippen LogP contribution in [0.5, 0.6) is 5.75 Å². The van der Waals surface area contributed by atoms with Gasteiger partial charge < -0.3 is 15.0 Å². The lowest BCUT2D eigenvalue weighted by Gasteiger charge is -2.31. The van der Waals surface area contributed by atoms with Gasteiger partial charge in [0.05, 0.1) is 12.7 Å². The summed E-state index contributed by atoms with van der Waals surface area (Å²) in [5, 5.41) is 5.16. The Morgan fingerprint density at radius 1 is 1.25 bits per heavy atom. The van der Waals surface area contributed by atoms with Crippen molar-refractivity contribution in [2.24, 2.45) is 0 Å². The molecule has 0 spiro atoms. The van der Waals surface area contributed by atoms with Crippen molar-refractivity contribution in [1.82, 2.24) is 10.2 Å². The monoisotopic (exact) mass is 344 g/mol. The molecule has 5 heteroatoms. The summed E-state index contributed by atoms with van der Waals surface area (Å²) >= 11 is 1.87. The van der Waals surface area contributed by atoms with Crippen molar-refractivity contribution >= 4 is 17.2 Å². The summed E-state index contributed by atoms with van der Waals surface area (Å²) in [5.41, 5.74) is 0.594. The Morgan fingerprint density at radius 3 is 2.75 bits per heavy atom. The fourth-order valence-electron chi connectivity index (χ4n) is 3.22. The van der Waals surface area contributed by atoms with E-state index in [1.165, 1.54) is 17.7 Å². The molecule has 0 atom stereocenters. The number of carbonyl (C=O) groups excluding carboxylic acids is 1. The molecule has 1 aliphatic heterocycles. The van der Waals surface area contributed by atoms with Crippen LogP contribution in [0.25, 0.3) is 0 Å². The van der Waals surface area contributed by atoms with Crippen molar-refractivity contribution in [2.45, 2.75) is 18.8 Å². The third-order valence-electron chi connectivity index (χ3n) is 4.60. The number of carbonyl (C=O) groups is 1. The van der Waals surface area contributed by atoms with E-state index in [1.807, 2.05) is 29.5 Å². The number of hydrogen-bond acceptors (Lipinski definition) is 4. The number of hydrogen-bond donors (Lipinski definition) is 1. The van der Waals surface area contributed by atoms with Crippen LogP contribution in [0.3, 0.4) is 0 Å². The highest BCUT2D eigenvalue weighted by molar-refractivity contribution is 7.10. The van der Waals surface area contributed by atoms with Crippen molar-refractivity contribution in [3.8, 4) is 5.75 Å². The molecule has 1 aliphatic rings. The number of nitrogens with zero attached hydrogens (tertiary/aromatic N) is 1. The second-order valence-electron chi connectivity index (χ2n) is 6.09. The molecule has 1 aromatic heterocycles. The van der Waals surface area contributed by atoms with Gasteiger partial charge in [0.15, 0.2) is 0 Å². The van der Waals surface area contributed by atoms with Crippen LogP contribution in [0.1, 0.15) is 34.0 Å². The SMILES string of the molecule is COc1ccccc1C(=O)NCCN1CCC(c2cccs2)CC1. The van der Waals surface area contributed by atoms with Gasteiger partial charge in [-0.2, -0.15) is 0 Å². The fraction of sp³-hybridized carbons (Fsp3) is 0.421. The quantitative estimate of drug-likeness (QED) is 0.874. The molecular weight excluding hydrogens is 320 g/mol. The van der Waals surface area contributed by atoms with Gasteiger partial charge in [-0.3, -0.25) is 4.79 Å². The number of nitrogens with one attached hydrogen (secondary N) is 1. The first-order valence-electron chi connectivity index (χ1n) is 8.45. The molecule has 3 rings (SSSR count). The lowest BCUT2D eigenvalue weighted by molar-refractivity contribution is 0.0943. The number of rotatable bonds is 6. The zero-order valence-corrected chi connectivity index (χ0v) is 14.8. The smallest absolute Gasteiger partial charge is 0.255 e. The summed E-state index contributed by atoms with van der Waals surface area (Å²) in [7, 11) is 1.59. The van der Waals surface area contributed by atoms with Gasteiger partial charge in [0.25, 0.3) is 5.91 Å². The molecular formula is C19H24N2O2S. The van der Waals surface area contributed by atoms with E-state index in [1.54, 1.807) is 13.2 Å². The van der Waals surface area contributed by atoms with E-state index in [0.29, 0.717) is 23.8 Å². The average molecular weight is 344 g/mol. The van der Waals surface area contributed by atoms with Crippen LogP contribution in [0.4, 0.5) is 0 Å². The topological polar surface area (TPSA) is 41.6 Å². The average Bonchev–Trinajstić information content (AvgIpc) is 3.17. The first kappa shape index (κ1) is 17.0. The fourth-order valence-corrected chi connectivity index (χ4v) is 4.12. The van der Waals surface area contributed by atoms with E-state index >= 15 is 0 Å². The minimum atomic E-state index is -0.0686. The van der Waals surface area contributed by atoms with Crippen molar-refractivity contribution in [3.05, 3.63) is 52.2 Å². The normalized spacial score (nSPS) is 16.0. The van der Waals surface area contributed by atoms with Gasteiger partial charge in [-0.25, -0.2) is 0 Å². The van der Waals surface area contributed by atoms with Gasteiger partial charge in [-0.05, 0) is 55.4 Å². The van der Waals surface area contributed by atoms with Crippen molar-refractivity contribution < 1.29 is 9.53 Å². The maximum absolute atomic E-state index is 12.3. The van der Waals surface area contributed by atoms with Crippen LogP contribution < -0.4 is 10.1 Å². The molecule has 1 aromatic carbocycles. The molecule has 1 fully saturated rings. The maximum Gasteiger partial charge on any atom is 0.255 e. The van der Waals surface area contributed by atoms with Gasteiger partial charge >= 0.3 is 0 Å². The van der Waals surface area contributed by atoms with Crippen LogP contribution in [0, 0.1) is 0 Å². The Balaban J connectivity index is 1.42.